The minimum Gasteiger partial charge on any atom is -0.452 e. The molecule has 10 heteroatoms. The van der Waals surface area contributed by atoms with Crippen LogP contribution in [0.5, 0.6) is 0 Å². The molecule has 1 aliphatic heterocycles. The summed E-state index contributed by atoms with van der Waals surface area (Å²) in [5.74, 6) is -3.75. The number of rotatable bonds is 6. The summed E-state index contributed by atoms with van der Waals surface area (Å²) in [4.78, 5) is 65.2. The van der Waals surface area contributed by atoms with Gasteiger partial charge < -0.3 is 10.1 Å². The molecule has 4 aromatic rings. The second kappa shape index (κ2) is 10.3. The van der Waals surface area contributed by atoms with Crippen molar-refractivity contribution in [2.24, 2.45) is 11.8 Å². The SMILES string of the molecule is Cc1ccc(NC(=O)COC(=O)c2cccc(N3C(=O)[C@@H]4C5c6ccccc6C(c6ccccc65)[C@H]4C3=O)c2)cc1[N+](=O)[O-]. The second-order valence-corrected chi connectivity index (χ2v) is 11.2. The number of nitrogens with zero attached hydrogens (tertiary/aromatic N) is 2. The minimum absolute atomic E-state index is 0.0614. The highest BCUT2D eigenvalue weighted by molar-refractivity contribution is 6.23. The van der Waals surface area contributed by atoms with Gasteiger partial charge in [-0.05, 0) is 53.4 Å². The molecule has 3 aliphatic carbocycles. The van der Waals surface area contributed by atoms with Crippen LogP contribution in [0.4, 0.5) is 17.1 Å². The van der Waals surface area contributed by atoms with Crippen molar-refractivity contribution in [1.82, 2.24) is 0 Å². The fraction of sp³-hybridized carbons (Fsp3) is 0.176. The van der Waals surface area contributed by atoms with E-state index in [9.17, 15) is 29.3 Å². The Morgan fingerprint density at radius 3 is 1.93 bits per heavy atom. The highest BCUT2D eigenvalue weighted by atomic mass is 16.6. The number of anilines is 2. The van der Waals surface area contributed by atoms with Gasteiger partial charge in [-0.1, -0.05) is 60.7 Å². The van der Waals surface area contributed by atoms with Crippen LogP contribution in [-0.4, -0.2) is 35.2 Å². The summed E-state index contributed by atoms with van der Waals surface area (Å²) in [6, 6.07) is 26.2. The fourth-order valence-corrected chi connectivity index (χ4v) is 7.00. The number of benzene rings is 4. The highest BCUT2D eigenvalue weighted by Gasteiger charge is 2.61. The number of esters is 1. The maximum atomic E-state index is 14.0. The molecule has 1 fully saturated rings. The van der Waals surface area contributed by atoms with E-state index in [0.717, 1.165) is 22.3 Å². The van der Waals surface area contributed by atoms with Gasteiger partial charge in [0.1, 0.15) is 0 Å². The Morgan fingerprint density at radius 1 is 0.818 bits per heavy atom. The third-order valence-electron chi connectivity index (χ3n) is 8.81. The summed E-state index contributed by atoms with van der Waals surface area (Å²) >= 11 is 0. The summed E-state index contributed by atoms with van der Waals surface area (Å²) in [5, 5.41) is 13.7. The van der Waals surface area contributed by atoms with Gasteiger partial charge in [0.05, 0.1) is 28.0 Å². The molecule has 218 valence electrons. The van der Waals surface area contributed by atoms with Crippen LogP contribution >= 0.6 is 0 Å². The van der Waals surface area contributed by atoms with E-state index in [1.54, 1.807) is 19.1 Å². The van der Waals surface area contributed by atoms with E-state index in [2.05, 4.69) is 5.32 Å². The van der Waals surface area contributed by atoms with Gasteiger partial charge in [0, 0.05) is 29.2 Å². The smallest absolute Gasteiger partial charge is 0.338 e. The van der Waals surface area contributed by atoms with Crippen molar-refractivity contribution in [3.05, 3.63) is 134 Å². The van der Waals surface area contributed by atoms with Crippen molar-refractivity contribution in [2.45, 2.75) is 18.8 Å². The monoisotopic (exact) mass is 587 g/mol. The summed E-state index contributed by atoms with van der Waals surface area (Å²) < 4.78 is 5.18. The molecule has 44 heavy (non-hydrogen) atoms. The van der Waals surface area contributed by atoms with Crippen LogP contribution in [0.25, 0.3) is 0 Å². The second-order valence-electron chi connectivity index (χ2n) is 11.2. The highest BCUT2D eigenvalue weighted by Crippen LogP contribution is 2.61. The largest absolute Gasteiger partial charge is 0.452 e. The standard InChI is InChI=1S/C34H25N3O7/c1-18-13-14-20(16-26(18)37(42)43)35-27(38)17-44-34(41)19-7-6-8-21(15-19)36-32(39)30-28-22-9-2-3-10-23(22)29(31(30)33(36)40)25-12-5-4-11-24(25)28/h2-16,28-31H,17H2,1H3,(H,35,38)/t28?,29?,30-,31-/m1/s1. The molecule has 4 aromatic carbocycles. The zero-order valence-corrected chi connectivity index (χ0v) is 23.4. The van der Waals surface area contributed by atoms with Gasteiger partial charge in [0.25, 0.3) is 11.6 Å². The molecule has 3 amide bonds. The van der Waals surface area contributed by atoms with Crippen molar-refractivity contribution in [1.29, 1.82) is 0 Å². The number of amides is 3. The first-order valence-electron chi connectivity index (χ1n) is 14.1. The molecule has 2 bridgehead atoms. The normalized spacial score (nSPS) is 20.9. The van der Waals surface area contributed by atoms with E-state index in [-0.39, 0.29) is 46.3 Å². The lowest BCUT2D eigenvalue weighted by atomic mass is 9.55. The molecule has 4 aliphatic rings. The molecule has 0 radical (unpaired) electrons. The maximum Gasteiger partial charge on any atom is 0.338 e. The number of nitro groups is 1. The molecular weight excluding hydrogens is 562 g/mol. The zero-order chi connectivity index (χ0) is 30.7. The molecule has 8 rings (SSSR count). The van der Waals surface area contributed by atoms with Crippen molar-refractivity contribution in [3.8, 4) is 0 Å². The van der Waals surface area contributed by atoms with Crippen LogP contribution in [0.2, 0.25) is 0 Å². The summed E-state index contributed by atoms with van der Waals surface area (Å²) in [5.41, 5.74) is 5.06. The number of aryl methyl sites for hydroxylation is 1. The number of imide groups is 1. The van der Waals surface area contributed by atoms with Crippen molar-refractivity contribution < 1.29 is 28.8 Å². The summed E-state index contributed by atoms with van der Waals surface area (Å²) in [6.07, 6.45) is 0. The molecule has 0 saturated carbocycles. The molecular formula is C34H25N3O7. The van der Waals surface area contributed by atoms with Gasteiger partial charge in [-0.3, -0.25) is 24.5 Å². The van der Waals surface area contributed by atoms with Gasteiger partial charge in [-0.25, -0.2) is 9.69 Å². The lowest BCUT2D eigenvalue weighted by molar-refractivity contribution is -0.385. The number of carbonyl (C=O) groups is 4. The van der Waals surface area contributed by atoms with E-state index in [1.807, 2.05) is 48.5 Å². The first-order chi connectivity index (χ1) is 21.2. The van der Waals surface area contributed by atoms with E-state index in [4.69, 9.17) is 4.74 Å². The molecule has 1 saturated heterocycles. The zero-order valence-electron chi connectivity index (χ0n) is 23.4. The molecule has 2 atom stereocenters. The van der Waals surface area contributed by atoms with Crippen LogP contribution in [0.3, 0.4) is 0 Å². The maximum absolute atomic E-state index is 14.0. The molecule has 0 spiro atoms. The van der Waals surface area contributed by atoms with Gasteiger partial charge in [0.2, 0.25) is 11.8 Å². The van der Waals surface area contributed by atoms with Gasteiger partial charge >= 0.3 is 5.97 Å². The van der Waals surface area contributed by atoms with Gasteiger partial charge in [-0.15, -0.1) is 0 Å². The minimum atomic E-state index is -0.826. The van der Waals surface area contributed by atoms with Gasteiger partial charge in [-0.2, -0.15) is 0 Å². The van der Waals surface area contributed by atoms with Crippen molar-refractivity contribution in [2.75, 3.05) is 16.8 Å². The average molecular weight is 588 g/mol. The molecule has 1 heterocycles. The molecule has 0 unspecified atom stereocenters. The topological polar surface area (TPSA) is 136 Å². The number of hydrogen-bond donors (Lipinski definition) is 1. The quantitative estimate of drug-likeness (QED) is 0.144. The number of carbonyl (C=O) groups excluding carboxylic acids is 4. The molecule has 10 nitrogen and oxygen atoms in total. The number of hydrogen-bond acceptors (Lipinski definition) is 7. The van der Waals surface area contributed by atoms with Crippen LogP contribution in [0, 0.1) is 28.9 Å². The predicted octanol–water partition coefficient (Wildman–Crippen LogP) is 5.10. The Hall–Kier alpha value is -5.64. The average Bonchev–Trinajstić information content (AvgIpc) is 3.30. The third kappa shape index (κ3) is 4.17. The van der Waals surface area contributed by atoms with E-state index in [0.29, 0.717) is 5.56 Å². The van der Waals surface area contributed by atoms with E-state index >= 15 is 0 Å². The third-order valence-corrected chi connectivity index (χ3v) is 8.81. The van der Waals surface area contributed by atoms with Crippen LogP contribution < -0.4 is 10.2 Å². The van der Waals surface area contributed by atoms with E-state index in [1.165, 1.54) is 35.2 Å². The van der Waals surface area contributed by atoms with Crippen LogP contribution in [0.15, 0.2) is 91.0 Å². The van der Waals surface area contributed by atoms with Crippen LogP contribution in [-0.2, 0) is 19.1 Å². The van der Waals surface area contributed by atoms with E-state index < -0.39 is 35.2 Å². The Bertz CT molecular complexity index is 1800. The first-order valence-corrected chi connectivity index (χ1v) is 14.1. The Balaban J connectivity index is 1.10. The number of nitro benzene ring substituents is 1. The number of ether oxygens (including phenoxy) is 1. The fourth-order valence-electron chi connectivity index (χ4n) is 7.00. The molecule has 0 aromatic heterocycles. The first kappa shape index (κ1) is 27.2. The van der Waals surface area contributed by atoms with Gasteiger partial charge in [0.15, 0.2) is 6.61 Å². The summed E-state index contributed by atoms with van der Waals surface area (Å²) in [6.45, 7) is 0.940. The Kier molecular flexibility index (Phi) is 6.35. The molecule has 1 N–H and O–H groups in total. The lowest BCUT2D eigenvalue weighted by Gasteiger charge is -2.45. The van der Waals surface area contributed by atoms with Crippen LogP contribution in [0.1, 0.15) is 50.0 Å². The predicted molar refractivity (Wildman–Crippen MR) is 159 cm³/mol. The Morgan fingerprint density at radius 2 is 1.39 bits per heavy atom. The van der Waals surface area contributed by atoms with Crippen molar-refractivity contribution >= 4 is 40.8 Å². The Labute approximate surface area is 251 Å². The lowest BCUT2D eigenvalue weighted by Crippen LogP contribution is -2.41. The summed E-state index contributed by atoms with van der Waals surface area (Å²) in [7, 11) is 0. The van der Waals surface area contributed by atoms with Crippen molar-refractivity contribution in [3.63, 3.8) is 0 Å². The number of nitrogens with one attached hydrogen (secondary N) is 1.